The van der Waals surface area contributed by atoms with Crippen LogP contribution in [0.1, 0.15) is 15.2 Å². The monoisotopic (exact) mass is 284 g/mol. The number of aromatic nitrogens is 1. The van der Waals surface area contributed by atoms with Gasteiger partial charge in [-0.25, -0.2) is 13.6 Å². The average molecular weight is 284 g/mol. The molecule has 0 aliphatic rings. The van der Waals surface area contributed by atoms with Crippen LogP contribution in [0.5, 0.6) is 0 Å². The van der Waals surface area contributed by atoms with Gasteiger partial charge in [-0.05, 0) is 12.1 Å². The molecule has 0 bridgehead atoms. The van der Waals surface area contributed by atoms with Crippen LogP contribution in [0.15, 0.2) is 23.8 Å². The van der Waals surface area contributed by atoms with Crippen LogP contribution in [0.4, 0.5) is 14.5 Å². The lowest BCUT2D eigenvalue weighted by Gasteiger charge is -2.08. The van der Waals surface area contributed by atoms with Gasteiger partial charge in [0.2, 0.25) is 0 Å². The summed E-state index contributed by atoms with van der Waals surface area (Å²) >= 11 is 1.40. The van der Waals surface area contributed by atoms with Gasteiger partial charge in [0, 0.05) is 11.1 Å². The molecule has 0 aliphatic heterocycles. The Kier molecular flexibility index (Phi) is 4.06. The number of nitrogens with zero attached hydrogens (tertiary/aromatic N) is 1. The summed E-state index contributed by atoms with van der Waals surface area (Å²) in [6.07, 6.45) is 1.63. The van der Waals surface area contributed by atoms with Crippen molar-refractivity contribution in [2.75, 3.05) is 12.4 Å². The van der Waals surface area contributed by atoms with E-state index in [0.29, 0.717) is 6.54 Å². The van der Waals surface area contributed by atoms with Crippen LogP contribution in [0.3, 0.4) is 0 Å². The average Bonchev–Trinajstić information content (AvgIpc) is 2.93. The number of carbonyl (C=O) groups excluding carboxylic acids is 1. The summed E-state index contributed by atoms with van der Waals surface area (Å²) in [7, 11) is 1.11. The second-order valence-electron chi connectivity index (χ2n) is 3.60. The Morgan fingerprint density at radius 2 is 2.21 bits per heavy atom. The molecule has 2 rings (SSSR count). The maximum atomic E-state index is 13.7. The number of hydrogen-bond donors (Lipinski definition) is 1. The largest absolute Gasteiger partial charge is 0.465 e. The maximum Gasteiger partial charge on any atom is 0.340 e. The third kappa shape index (κ3) is 2.87. The van der Waals surface area contributed by atoms with Crippen LogP contribution < -0.4 is 5.32 Å². The third-order valence-corrected chi connectivity index (χ3v) is 3.20. The number of hydrogen-bond acceptors (Lipinski definition) is 5. The van der Waals surface area contributed by atoms with Crippen LogP contribution >= 0.6 is 11.3 Å². The highest BCUT2D eigenvalue weighted by molar-refractivity contribution is 7.09. The van der Waals surface area contributed by atoms with Crippen LogP contribution in [0, 0.1) is 11.6 Å². The van der Waals surface area contributed by atoms with Gasteiger partial charge in [0.1, 0.15) is 0 Å². The predicted octanol–water partition coefficient (Wildman–Crippen LogP) is 2.82. The molecule has 1 aromatic carbocycles. The van der Waals surface area contributed by atoms with Gasteiger partial charge in [-0.1, -0.05) is 0 Å². The molecule has 19 heavy (non-hydrogen) atoms. The van der Waals surface area contributed by atoms with Gasteiger partial charge < -0.3 is 10.1 Å². The first kappa shape index (κ1) is 13.4. The lowest BCUT2D eigenvalue weighted by Crippen LogP contribution is -2.09. The van der Waals surface area contributed by atoms with Gasteiger partial charge in [-0.2, -0.15) is 0 Å². The van der Waals surface area contributed by atoms with Crippen molar-refractivity contribution in [3.05, 3.63) is 45.9 Å². The molecule has 0 aliphatic carbocycles. The van der Waals surface area contributed by atoms with Crippen molar-refractivity contribution < 1.29 is 18.3 Å². The zero-order valence-corrected chi connectivity index (χ0v) is 10.8. The molecule has 0 atom stereocenters. The molecule has 0 spiro atoms. The fourth-order valence-corrected chi connectivity index (χ4v) is 2.00. The van der Waals surface area contributed by atoms with E-state index in [1.807, 2.05) is 0 Å². The molecule has 0 fully saturated rings. The van der Waals surface area contributed by atoms with E-state index in [1.54, 1.807) is 11.7 Å². The standard InChI is InChI=1S/C12H10F2N2O2S/c1-18-12(17)8-2-3-9(11(14)10(8)13)16-5-7-4-15-6-19-7/h2-4,6,16H,5H2,1H3. The van der Waals surface area contributed by atoms with Gasteiger partial charge >= 0.3 is 5.97 Å². The Bertz CT molecular complexity index is 588. The maximum absolute atomic E-state index is 13.7. The summed E-state index contributed by atoms with van der Waals surface area (Å²) in [5.74, 6) is -3.24. The van der Waals surface area contributed by atoms with Crippen LogP contribution in [-0.4, -0.2) is 18.1 Å². The molecule has 0 saturated carbocycles. The molecule has 1 heterocycles. The minimum absolute atomic E-state index is 0.0152. The second kappa shape index (κ2) is 5.75. The van der Waals surface area contributed by atoms with Crippen LogP contribution in [-0.2, 0) is 11.3 Å². The zero-order chi connectivity index (χ0) is 13.8. The molecule has 0 radical (unpaired) electrons. The van der Waals surface area contributed by atoms with Crippen LogP contribution in [0.25, 0.3) is 0 Å². The second-order valence-corrected chi connectivity index (χ2v) is 4.57. The summed E-state index contributed by atoms with van der Waals surface area (Å²) < 4.78 is 31.7. The molecule has 1 aromatic heterocycles. The van der Waals surface area contributed by atoms with E-state index in [2.05, 4.69) is 15.0 Å². The van der Waals surface area contributed by atoms with E-state index >= 15 is 0 Å². The normalized spacial score (nSPS) is 10.3. The minimum atomic E-state index is -1.22. The SMILES string of the molecule is COC(=O)c1ccc(NCc2cncs2)c(F)c1F. The molecular formula is C12H10F2N2O2S. The predicted molar refractivity (Wildman–Crippen MR) is 67.1 cm³/mol. The first-order valence-electron chi connectivity index (χ1n) is 5.31. The molecule has 1 N–H and O–H groups in total. The highest BCUT2D eigenvalue weighted by Crippen LogP contribution is 2.22. The highest BCUT2D eigenvalue weighted by atomic mass is 32.1. The number of nitrogens with one attached hydrogen (secondary N) is 1. The minimum Gasteiger partial charge on any atom is -0.465 e. The number of benzene rings is 1. The van der Waals surface area contributed by atoms with E-state index in [-0.39, 0.29) is 5.69 Å². The number of rotatable bonds is 4. The number of esters is 1. The third-order valence-electron chi connectivity index (χ3n) is 2.42. The van der Waals surface area contributed by atoms with Crippen LogP contribution in [0.2, 0.25) is 0 Å². The Balaban J connectivity index is 2.19. The zero-order valence-electron chi connectivity index (χ0n) is 9.94. The summed E-state index contributed by atoms with van der Waals surface area (Å²) in [5.41, 5.74) is 1.20. The van der Waals surface area contributed by atoms with E-state index in [1.165, 1.54) is 23.5 Å². The van der Waals surface area contributed by atoms with E-state index in [4.69, 9.17) is 0 Å². The summed E-state index contributed by atoms with van der Waals surface area (Å²) in [4.78, 5) is 15.9. The van der Waals surface area contributed by atoms with Crippen molar-refractivity contribution in [1.29, 1.82) is 0 Å². The molecule has 0 saturated heterocycles. The Morgan fingerprint density at radius 1 is 1.42 bits per heavy atom. The van der Waals surface area contributed by atoms with Crippen molar-refractivity contribution in [3.8, 4) is 0 Å². The van der Waals surface area contributed by atoms with E-state index in [0.717, 1.165) is 12.0 Å². The van der Waals surface area contributed by atoms with E-state index < -0.39 is 23.2 Å². The Labute approximate surface area is 112 Å². The van der Waals surface area contributed by atoms with E-state index in [9.17, 15) is 13.6 Å². The summed E-state index contributed by atoms with van der Waals surface area (Å²) in [6.45, 7) is 0.332. The van der Waals surface area contributed by atoms with Gasteiger partial charge in [-0.3, -0.25) is 4.98 Å². The molecule has 4 nitrogen and oxygen atoms in total. The number of thiazole rings is 1. The lowest BCUT2D eigenvalue weighted by molar-refractivity contribution is 0.0594. The molecule has 7 heteroatoms. The summed E-state index contributed by atoms with van der Waals surface area (Å²) in [5, 5.41) is 2.74. The van der Waals surface area contributed by atoms with Gasteiger partial charge in [0.15, 0.2) is 11.6 Å². The first-order valence-corrected chi connectivity index (χ1v) is 6.19. The Hall–Kier alpha value is -2.02. The first-order chi connectivity index (χ1) is 9.13. The number of ether oxygens (including phenoxy) is 1. The number of carbonyl (C=O) groups is 1. The Morgan fingerprint density at radius 3 is 2.84 bits per heavy atom. The van der Waals surface area contributed by atoms with Gasteiger partial charge in [0.25, 0.3) is 0 Å². The number of anilines is 1. The van der Waals surface area contributed by atoms with Crippen molar-refractivity contribution in [2.45, 2.75) is 6.54 Å². The molecular weight excluding hydrogens is 274 g/mol. The molecule has 0 amide bonds. The smallest absolute Gasteiger partial charge is 0.340 e. The summed E-state index contributed by atoms with van der Waals surface area (Å²) in [6, 6.07) is 2.48. The van der Waals surface area contributed by atoms with Crippen molar-refractivity contribution in [3.63, 3.8) is 0 Å². The van der Waals surface area contributed by atoms with Crippen molar-refractivity contribution in [1.82, 2.24) is 4.98 Å². The quantitative estimate of drug-likeness (QED) is 0.877. The highest BCUT2D eigenvalue weighted by Gasteiger charge is 2.18. The fraction of sp³-hybridized carbons (Fsp3) is 0.167. The fourth-order valence-electron chi connectivity index (χ4n) is 1.47. The molecule has 2 aromatic rings. The van der Waals surface area contributed by atoms with Crippen molar-refractivity contribution in [2.24, 2.45) is 0 Å². The molecule has 0 unspecified atom stereocenters. The number of halogens is 2. The topological polar surface area (TPSA) is 51.2 Å². The van der Waals surface area contributed by atoms with Crippen molar-refractivity contribution >= 4 is 23.0 Å². The number of methoxy groups -OCH3 is 1. The van der Waals surface area contributed by atoms with Gasteiger partial charge in [0.05, 0.1) is 30.4 Å². The van der Waals surface area contributed by atoms with Gasteiger partial charge in [-0.15, -0.1) is 11.3 Å². The lowest BCUT2D eigenvalue weighted by atomic mass is 10.2. The molecule has 100 valence electrons.